The molecular weight excluding hydrogens is 234 g/mol. The Kier molecular flexibility index (Phi) is 3.22. The van der Waals surface area contributed by atoms with Crippen LogP contribution in [0.1, 0.15) is 41.5 Å². The van der Waals surface area contributed by atoms with Crippen LogP contribution in [-0.2, 0) is 11.2 Å². The van der Waals surface area contributed by atoms with Crippen molar-refractivity contribution >= 4 is 5.78 Å². The van der Waals surface area contributed by atoms with Crippen molar-refractivity contribution in [1.82, 2.24) is 5.32 Å². The lowest BCUT2D eigenvalue weighted by Gasteiger charge is -2.20. The first kappa shape index (κ1) is 12.9. The summed E-state index contributed by atoms with van der Waals surface area (Å²) in [4.78, 5) is 12.6. The summed E-state index contributed by atoms with van der Waals surface area (Å²) in [5.74, 6) is 0.702. The minimum absolute atomic E-state index is 0.263. The predicted octanol–water partition coefficient (Wildman–Crippen LogP) is 2.86. The van der Waals surface area contributed by atoms with Crippen LogP contribution in [0.4, 0.5) is 0 Å². The van der Waals surface area contributed by atoms with Gasteiger partial charge in [-0.25, -0.2) is 0 Å². The zero-order valence-corrected chi connectivity index (χ0v) is 12.1. The minimum atomic E-state index is 0.263. The normalized spacial score (nSPS) is 28.9. The first-order chi connectivity index (χ1) is 9.04. The van der Waals surface area contributed by atoms with Gasteiger partial charge in [-0.2, -0.15) is 0 Å². The highest BCUT2D eigenvalue weighted by Crippen LogP contribution is 2.34. The monoisotopic (exact) mass is 257 g/mol. The van der Waals surface area contributed by atoms with Gasteiger partial charge in [0.05, 0.1) is 0 Å². The highest BCUT2D eigenvalue weighted by molar-refractivity contribution is 5.85. The Balaban J connectivity index is 1.77. The highest BCUT2D eigenvalue weighted by atomic mass is 16.1. The van der Waals surface area contributed by atoms with Crippen LogP contribution in [-0.4, -0.2) is 17.9 Å². The molecule has 0 aliphatic carbocycles. The van der Waals surface area contributed by atoms with Crippen LogP contribution < -0.4 is 5.32 Å². The smallest absolute Gasteiger partial charge is 0.141 e. The summed E-state index contributed by atoms with van der Waals surface area (Å²) in [6.07, 6.45) is 4.13. The van der Waals surface area contributed by atoms with E-state index >= 15 is 0 Å². The zero-order valence-electron chi connectivity index (χ0n) is 12.1. The van der Waals surface area contributed by atoms with E-state index < -0.39 is 0 Å². The lowest BCUT2D eigenvalue weighted by atomic mass is 9.83. The molecule has 19 heavy (non-hydrogen) atoms. The molecule has 2 fully saturated rings. The van der Waals surface area contributed by atoms with Gasteiger partial charge >= 0.3 is 0 Å². The fourth-order valence-electron chi connectivity index (χ4n) is 3.97. The molecule has 0 saturated carbocycles. The first-order valence-corrected chi connectivity index (χ1v) is 7.40. The van der Waals surface area contributed by atoms with Crippen molar-refractivity contribution in [3.05, 3.63) is 34.4 Å². The molecule has 1 aromatic carbocycles. The van der Waals surface area contributed by atoms with E-state index in [9.17, 15) is 4.79 Å². The van der Waals surface area contributed by atoms with Gasteiger partial charge in [0.15, 0.2) is 0 Å². The minimum Gasteiger partial charge on any atom is -0.310 e. The molecular formula is C17H23NO. The summed E-state index contributed by atoms with van der Waals surface area (Å²) in [7, 11) is 0. The van der Waals surface area contributed by atoms with Crippen LogP contribution in [0.2, 0.25) is 0 Å². The maximum atomic E-state index is 12.6. The average Bonchev–Trinajstić information content (AvgIpc) is 2.95. The number of nitrogens with one attached hydrogen (secondary N) is 1. The molecule has 2 aliphatic heterocycles. The lowest BCUT2D eigenvalue weighted by Crippen LogP contribution is -2.30. The van der Waals surface area contributed by atoms with E-state index in [0.717, 1.165) is 6.42 Å². The number of rotatable bonds is 3. The highest BCUT2D eigenvalue weighted by Gasteiger charge is 2.42. The number of Topliss-reactive ketones (excluding diaryl/α,β-unsaturated/α-hetero) is 1. The van der Waals surface area contributed by atoms with E-state index in [-0.39, 0.29) is 5.92 Å². The van der Waals surface area contributed by atoms with Crippen molar-refractivity contribution in [2.75, 3.05) is 0 Å². The van der Waals surface area contributed by atoms with E-state index in [1.165, 1.54) is 35.1 Å². The Labute approximate surface area is 115 Å². The van der Waals surface area contributed by atoms with Crippen molar-refractivity contribution in [2.24, 2.45) is 5.92 Å². The number of aryl methyl sites for hydroxylation is 3. The third-order valence-electron chi connectivity index (χ3n) is 4.91. The quantitative estimate of drug-likeness (QED) is 0.902. The predicted molar refractivity (Wildman–Crippen MR) is 77.4 cm³/mol. The number of fused-ring (bicyclic) bond motifs is 2. The molecule has 2 aliphatic rings. The Hall–Kier alpha value is -1.15. The third-order valence-corrected chi connectivity index (χ3v) is 4.91. The second kappa shape index (κ2) is 4.75. The molecule has 2 heteroatoms. The van der Waals surface area contributed by atoms with Crippen LogP contribution in [0.15, 0.2) is 12.1 Å². The van der Waals surface area contributed by atoms with Crippen LogP contribution in [0.25, 0.3) is 0 Å². The van der Waals surface area contributed by atoms with Crippen molar-refractivity contribution in [3.8, 4) is 0 Å². The van der Waals surface area contributed by atoms with Crippen molar-refractivity contribution < 1.29 is 4.79 Å². The van der Waals surface area contributed by atoms with Gasteiger partial charge in [-0.15, -0.1) is 0 Å². The second-order valence-electron chi connectivity index (χ2n) is 6.41. The molecule has 3 atom stereocenters. The zero-order chi connectivity index (χ0) is 13.6. The topological polar surface area (TPSA) is 29.1 Å². The molecule has 3 unspecified atom stereocenters. The van der Waals surface area contributed by atoms with E-state index in [4.69, 9.17) is 0 Å². The standard InChI is InChI=1S/C17H23NO/c1-10-6-11(2)14(12(3)7-10)9-17(19)15-8-13-4-5-16(15)18-13/h6-7,13,15-16,18H,4-5,8-9H2,1-3H3. The van der Waals surface area contributed by atoms with Crippen molar-refractivity contribution in [2.45, 2.75) is 58.5 Å². The second-order valence-corrected chi connectivity index (χ2v) is 6.41. The maximum absolute atomic E-state index is 12.6. The molecule has 2 saturated heterocycles. The van der Waals surface area contributed by atoms with Crippen LogP contribution in [0, 0.1) is 26.7 Å². The molecule has 2 bridgehead atoms. The SMILES string of the molecule is Cc1cc(C)c(CC(=O)C2CC3CCC2N3)c(C)c1. The van der Waals surface area contributed by atoms with Gasteiger partial charge in [0.25, 0.3) is 0 Å². The van der Waals surface area contributed by atoms with Crippen molar-refractivity contribution in [3.63, 3.8) is 0 Å². The molecule has 1 aromatic rings. The summed E-state index contributed by atoms with van der Waals surface area (Å²) >= 11 is 0. The number of benzene rings is 1. The summed E-state index contributed by atoms with van der Waals surface area (Å²) in [5.41, 5.74) is 5.06. The molecule has 3 rings (SSSR count). The maximum Gasteiger partial charge on any atom is 0.141 e. The van der Waals surface area contributed by atoms with Gasteiger partial charge < -0.3 is 5.32 Å². The fourth-order valence-corrected chi connectivity index (χ4v) is 3.97. The van der Waals surface area contributed by atoms with Crippen LogP contribution in [0.3, 0.4) is 0 Å². The fraction of sp³-hybridized carbons (Fsp3) is 0.588. The molecule has 2 heterocycles. The molecule has 1 N–H and O–H groups in total. The third kappa shape index (κ3) is 2.34. The van der Waals surface area contributed by atoms with Gasteiger partial charge in [-0.3, -0.25) is 4.79 Å². The Bertz CT molecular complexity index is 497. The summed E-state index contributed by atoms with van der Waals surface area (Å²) in [6, 6.07) is 5.45. The number of hydrogen-bond donors (Lipinski definition) is 1. The molecule has 0 radical (unpaired) electrons. The average molecular weight is 257 g/mol. The van der Waals surface area contributed by atoms with E-state index in [1.807, 2.05) is 0 Å². The number of hydrogen-bond acceptors (Lipinski definition) is 2. The van der Waals surface area contributed by atoms with E-state index in [2.05, 4.69) is 38.2 Å². The summed E-state index contributed by atoms with van der Waals surface area (Å²) < 4.78 is 0. The van der Waals surface area contributed by atoms with Gasteiger partial charge in [-0.05, 0) is 56.7 Å². The van der Waals surface area contributed by atoms with Crippen LogP contribution >= 0.6 is 0 Å². The van der Waals surface area contributed by atoms with Gasteiger partial charge in [0, 0.05) is 24.4 Å². The van der Waals surface area contributed by atoms with Gasteiger partial charge in [-0.1, -0.05) is 17.7 Å². The first-order valence-electron chi connectivity index (χ1n) is 7.40. The molecule has 0 amide bonds. The van der Waals surface area contributed by atoms with Gasteiger partial charge in [0.1, 0.15) is 5.78 Å². The largest absolute Gasteiger partial charge is 0.310 e. The molecule has 0 spiro atoms. The molecule has 102 valence electrons. The van der Waals surface area contributed by atoms with Crippen molar-refractivity contribution in [1.29, 1.82) is 0 Å². The lowest BCUT2D eigenvalue weighted by molar-refractivity contribution is -0.122. The number of carbonyl (C=O) groups excluding carboxylic acids is 1. The Morgan fingerprint density at radius 2 is 1.89 bits per heavy atom. The molecule has 0 aromatic heterocycles. The number of carbonyl (C=O) groups is 1. The van der Waals surface area contributed by atoms with E-state index in [1.54, 1.807) is 0 Å². The van der Waals surface area contributed by atoms with Crippen LogP contribution in [0.5, 0.6) is 0 Å². The van der Waals surface area contributed by atoms with Gasteiger partial charge in [0.2, 0.25) is 0 Å². The summed E-state index contributed by atoms with van der Waals surface area (Å²) in [5, 5.41) is 3.56. The molecule has 2 nitrogen and oxygen atoms in total. The Morgan fingerprint density at radius 1 is 1.21 bits per heavy atom. The van der Waals surface area contributed by atoms with E-state index in [0.29, 0.717) is 24.3 Å². The Morgan fingerprint density at radius 3 is 2.42 bits per heavy atom. The number of ketones is 1. The summed E-state index contributed by atoms with van der Waals surface area (Å²) in [6.45, 7) is 6.37.